The van der Waals surface area contributed by atoms with Crippen molar-refractivity contribution in [2.45, 2.75) is 31.7 Å². The van der Waals surface area contributed by atoms with Gasteiger partial charge in [-0.05, 0) is 31.4 Å². The highest BCUT2D eigenvalue weighted by atomic mass is 32.2. The van der Waals surface area contributed by atoms with Gasteiger partial charge >= 0.3 is 5.97 Å². The zero-order chi connectivity index (χ0) is 12.3. The average molecular weight is 257 g/mol. The number of esters is 1. The minimum absolute atomic E-state index is 0.116. The number of rotatable bonds is 2. The van der Waals surface area contributed by atoms with Crippen molar-refractivity contribution in [2.24, 2.45) is 5.92 Å². The predicted molar refractivity (Wildman–Crippen MR) is 66.8 cm³/mol. The van der Waals surface area contributed by atoms with Crippen LogP contribution in [-0.4, -0.2) is 48.0 Å². The number of amides is 1. The van der Waals surface area contributed by atoms with Crippen LogP contribution in [0.3, 0.4) is 0 Å². The highest BCUT2D eigenvalue weighted by molar-refractivity contribution is 7.99. The first-order chi connectivity index (χ1) is 8.24. The second kappa shape index (κ2) is 5.76. The van der Waals surface area contributed by atoms with Crippen molar-refractivity contribution in [3.8, 4) is 0 Å². The fraction of sp³-hybridized carbons (Fsp3) is 0.833. The molecule has 17 heavy (non-hydrogen) atoms. The van der Waals surface area contributed by atoms with Crippen LogP contribution in [0.25, 0.3) is 0 Å². The molecular formula is C12H19NO3S. The molecule has 0 aromatic heterocycles. The maximum absolute atomic E-state index is 12.3. The number of thioether (sulfide) groups is 1. The van der Waals surface area contributed by atoms with Crippen LogP contribution in [0.1, 0.15) is 25.7 Å². The lowest BCUT2D eigenvalue weighted by atomic mass is 9.99. The number of piperidine rings is 1. The quantitative estimate of drug-likeness (QED) is 0.699. The van der Waals surface area contributed by atoms with Gasteiger partial charge in [-0.3, -0.25) is 4.79 Å². The molecule has 2 aliphatic rings. The Labute approximate surface area is 106 Å². The lowest BCUT2D eigenvalue weighted by molar-refractivity contribution is -0.156. The zero-order valence-electron chi connectivity index (χ0n) is 10.2. The number of methoxy groups -OCH3 is 1. The van der Waals surface area contributed by atoms with Crippen molar-refractivity contribution in [2.75, 3.05) is 25.2 Å². The lowest BCUT2D eigenvalue weighted by Crippen LogP contribution is -2.50. The van der Waals surface area contributed by atoms with Crippen LogP contribution in [0.5, 0.6) is 0 Å². The molecule has 0 N–H and O–H groups in total. The number of carbonyl (C=O) groups is 2. The normalized spacial score (nSPS) is 29.1. The zero-order valence-corrected chi connectivity index (χ0v) is 11.0. The van der Waals surface area contributed by atoms with Gasteiger partial charge in [0.25, 0.3) is 0 Å². The van der Waals surface area contributed by atoms with Gasteiger partial charge in [-0.1, -0.05) is 0 Å². The van der Waals surface area contributed by atoms with E-state index in [-0.39, 0.29) is 23.8 Å². The van der Waals surface area contributed by atoms with Crippen molar-refractivity contribution >= 4 is 23.6 Å². The number of nitrogens with zero attached hydrogens (tertiary/aromatic N) is 1. The Kier molecular flexibility index (Phi) is 4.31. The van der Waals surface area contributed by atoms with Gasteiger partial charge in [-0.15, -0.1) is 0 Å². The first-order valence-corrected chi connectivity index (χ1v) is 7.35. The summed E-state index contributed by atoms with van der Waals surface area (Å²) >= 11 is 1.83. The van der Waals surface area contributed by atoms with E-state index in [0.29, 0.717) is 6.54 Å². The smallest absolute Gasteiger partial charge is 0.328 e. The lowest BCUT2D eigenvalue weighted by Gasteiger charge is -2.35. The third-order valence-electron chi connectivity index (χ3n) is 3.54. The van der Waals surface area contributed by atoms with Crippen molar-refractivity contribution in [1.82, 2.24) is 4.90 Å². The summed E-state index contributed by atoms with van der Waals surface area (Å²) in [7, 11) is 1.39. The third-order valence-corrected chi connectivity index (χ3v) is 4.70. The molecule has 0 aliphatic carbocycles. The van der Waals surface area contributed by atoms with Crippen molar-refractivity contribution in [3.05, 3.63) is 0 Å². The second-order valence-corrected chi connectivity index (χ2v) is 5.78. The fourth-order valence-electron chi connectivity index (χ4n) is 2.54. The maximum atomic E-state index is 12.3. The van der Waals surface area contributed by atoms with E-state index < -0.39 is 0 Å². The second-order valence-electron chi connectivity index (χ2n) is 4.63. The molecule has 2 atom stereocenters. The Morgan fingerprint density at radius 3 is 2.76 bits per heavy atom. The van der Waals surface area contributed by atoms with Crippen molar-refractivity contribution in [1.29, 1.82) is 0 Å². The van der Waals surface area contributed by atoms with Crippen LogP contribution >= 0.6 is 11.8 Å². The van der Waals surface area contributed by atoms with Crippen LogP contribution in [0.15, 0.2) is 0 Å². The van der Waals surface area contributed by atoms with E-state index in [4.69, 9.17) is 4.74 Å². The van der Waals surface area contributed by atoms with E-state index in [9.17, 15) is 9.59 Å². The summed E-state index contributed by atoms with van der Waals surface area (Å²) in [6.07, 6.45) is 3.70. The molecule has 0 saturated carbocycles. The third kappa shape index (κ3) is 2.76. The summed E-state index contributed by atoms with van der Waals surface area (Å²) < 4.78 is 4.79. The van der Waals surface area contributed by atoms with Crippen LogP contribution in [0.4, 0.5) is 0 Å². The topological polar surface area (TPSA) is 46.6 Å². The number of carbonyl (C=O) groups excluding carboxylic acids is 2. The molecule has 0 aromatic rings. The molecule has 0 spiro atoms. The van der Waals surface area contributed by atoms with Gasteiger partial charge in [0.05, 0.1) is 7.11 Å². The molecule has 2 rings (SSSR count). The van der Waals surface area contributed by atoms with E-state index in [0.717, 1.165) is 37.2 Å². The number of hydrogen-bond acceptors (Lipinski definition) is 4. The van der Waals surface area contributed by atoms with Gasteiger partial charge in [0.2, 0.25) is 5.91 Å². The average Bonchev–Trinajstić information content (AvgIpc) is 2.91. The SMILES string of the molecule is COC(=O)[C@H]1CCCCN1C(=O)C1CCSC1. The molecule has 0 radical (unpaired) electrons. The molecule has 2 saturated heterocycles. The Balaban J connectivity index is 2.04. The van der Waals surface area contributed by atoms with Crippen molar-refractivity contribution in [3.63, 3.8) is 0 Å². The number of hydrogen-bond donors (Lipinski definition) is 0. The molecule has 2 heterocycles. The fourth-order valence-corrected chi connectivity index (χ4v) is 3.75. The van der Waals surface area contributed by atoms with Crippen LogP contribution < -0.4 is 0 Å². The standard InChI is InChI=1S/C12H19NO3S/c1-16-12(15)10-4-2-3-6-13(10)11(14)9-5-7-17-8-9/h9-10H,2-8H2,1H3/t9?,10-/m1/s1. The van der Waals surface area contributed by atoms with E-state index >= 15 is 0 Å². The maximum Gasteiger partial charge on any atom is 0.328 e. The Hall–Kier alpha value is -0.710. The van der Waals surface area contributed by atoms with Gasteiger partial charge in [0.1, 0.15) is 6.04 Å². The van der Waals surface area contributed by atoms with Gasteiger partial charge in [-0.25, -0.2) is 4.79 Å². The molecular weight excluding hydrogens is 238 g/mol. The summed E-state index contributed by atoms with van der Waals surface area (Å²) in [5.74, 6) is 1.98. The molecule has 0 bridgehead atoms. The minimum Gasteiger partial charge on any atom is -0.467 e. The highest BCUT2D eigenvalue weighted by Gasteiger charge is 2.36. The van der Waals surface area contributed by atoms with Crippen LogP contribution in [-0.2, 0) is 14.3 Å². The number of ether oxygens (including phenoxy) is 1. The molecule has 96 valence electrons. The van der Waals surface area contributed by atoms with Gasteiger partial charge < -0.3 is 9.64 Å². The van der Waals surface area contributed by atoms with Crippen LogP contribution in [0.2, 0.25) is 0 Å². The largest absolute Gasteiger partial charge is 0.467 e. The van der Waals surface area contributed by atoms with Gasteiger partial charge in [-0.2, -0.15) is 11.8 Å². The van der Waals surface area contributed by atoms with E-state index in [1.54, 1.807) is 4.90 Å². The van der Waals surface area contributed by atoms with Gasteiger partial charge in [0, 0.05) is 18.2 Å². The van der Waals surface area contributed by atoms with Crippen molar-refractivity contribution < 1.29 is 14.3 Å². The molecule has 1 unspecified atom stereocenters. The number of likely N-dealkylation sites (tertiary alicyclic amines) is 1. The molecule has 1 amide bonds. The van der Waals surface area contributed by atoms with Gasteiger partial charge in [0.15, 0.2) is 0 Å². The summed E-state index contributed by atoms with van der Waals surface area (Å²) in [5, 5.41) is 0. The Bertz CT molecular complexity index is 302. The Morgan fingerprint density at radius 2 is 2.12 bits per heavy atom. The summed E-state index contributed by atoms with van der Waals surface area (Å²) in [5.41, 5.74) is 0. The van der Waals surface area contributed by atoms with E-state index in [1.165, 1.54) is 7.11 Å². The highest BCUT2D eigenvalue weighted by Crippen LogP contribution is 2.28. The van der Waals surface area contributed by atoms with E-state index in [2.05, 4.69) is 0 Å². The predicted octanol–water partition coefficient (Wildman–Crippen LogP) is 1.29. The molecule has 5 heteroatoms. The van der Waals surface area contributed by atoms with E-state index in [1.807, 2.05) is 11.8 Å². The summed E-state index contributed by atoms with van der Waals surface area (Å²) in [6.45, 7) is 0.708. The first kappa shape index (κ1) is 12.7. The Morgan fingerprint density at radius 1 is 1.29 bits per heavy atom. The molecule has 0 aromatic carbocycles. The minimum atomic E-state index is -0.341. The van der Waals surface area contributed by atoms with Crippen LogP contribution in [0, 0.1) is 5.92 Å². The molecule has 2 fully saturated rings. The summed E-state index contributed by atoms with van der Waals surface area (Å²) in [6, 6.07) is -0.341. The molecule has 4 nitrogen and oxygen atoms in total. The first-order valence-electron chi connectivity index (χ1n) is 6.20. The monoisotopic (exact) mass is 257 g/mol. The summed E-state index contributed by atoms with van der Waals surface area (Å²) in [4.78, 5) is 25.8. The molecule has 2 aliphatic heterocycles.